The molecule has 0 aliphatic rings. The highest BCUT2D eigenvalue weighted by Crippen LogP contribution is 2.26. The maximum absolute atomic E-state index is 5.99. The lowest BCUT2D eigenvalue weighted by Gasteiger charge is -2.14. The van der Waals surface area contributed by atoms with Gasteiger partial charge in [-0.05, 0) is 37.0 Å². The Morgan fingerprint density at radius 3 is 2.21 bits per heavy atom. The van der Waals surface area contributed by atoms with Crippen molar-refractivity contribution in [2.45, 2.75) is 40.2 Å². The lowest BCUT2D eigenvalue weighted by molar-refractivity contribution is 0.301. The molecule has 2 aromatic carbocycles. The van der Waals surface area contributed by atoms with Gasteiger partial charge in [0.05, 0.1) is 0 Å². The molecule has 2 rings (SSSR count). The predicted molar refractivity (Wildman–Crippen MR) is 80.8 cm³/mol. The first-order chi connectivity index (χ1) is 9.06. The summed E-state index contributed by atoms with van der Waals surface area (Å²) in [5, 5.41) is 0. The fourth-order valence-electron chi connectivity index (χ4n) is 2.40. The first kappa shape index (κ1) is 13.7. The van der Waals surface area contributed by atoms with Gasteiger partial charge in [0.1, 0.15) is 12.4 Å². The Hall–Kier alpha value is -1.76. The third-order valence-corrected chi connectivity index (χ3v) is 3.22. The van der Waals surface area contributed by atoms with Gasteiger partial charge < -0.3 is 4.74 Å². The average Bonchev–Trinajstić information content (AvgIpc) is 2.35. The van der Waals surface area contributed by atoms with Crippen molar-refractivity contribution < 1.29 is 4.74 Å². The first-order valence-electron chi connectivity index (χ1n) is 6.85. The minimum absolute atomic E-state index is 0.482. The van der Waals surface area contributed by atoms with Crippen LogP contribution in [-0.4, -0.2) is 0 Å². The Labute approximate surface area is 116 Å². The van der Waals surface area contributed by atoms with Crippen LogP contribution in [0.3, 0.4) is 0 Å². The quantitative estimate of drug-likeness (QED) is 0.745. The fourth-order valence-corrected chi connectivity index (χ4v) is 2.40. The van der Waals surface area contributed by atoms with Crippen molar-refractivity contribution in [1.82, 2.24) is 0 Å². The second-order valence-corrected chi connectivity index (χ2v) is 5.48. The van der Waals surface area contributed by atoms with E-state index < -0.39 is 0 Å². The van der Waals surface area contributed by atoms with Gasteiger partial charge in [0.2, 0.25) is 0 Å². The molecule has 1 nitrogen and oxygen atoms in total. The van der Waals surface area contributed by atoms with Crippen LogP contribution in [-0.2, 0) is 6.61 Å². The van der Waals surface area contributed by atoms with Gasteiger partial charge in [-0.15, -0.1) is 0 Å². The van der Waals surface area contributed by atoms with Crippen molar-refractivity contribution in [1.29, 1.82) is 0 Å². The average molecular weight is 254 g/mol. The van der Waals surface area contributed by atoms with Crippen molar-refractivity contribution in [2.24, 2.45) is 0 Å². The summed E-state index contributed by atoms with van der Waals surface area (Å²) in [6, 6.07) is 14.8. The van der Waals surface area contributed by atoms with E-state index >= 15 is 0 Å². The first-order valence-corrected chi connectivity index (χ1v) is 6.85. The van der Waals surface area contributed by atoms with Gasteiger partial charge in [-0.3, -0.25) is 0 Å². The van der Waals surface area contributed by atoms with E-state index in [4.69, 9.17) is 4.74 Å². The predicted octanol–water partition coefficient (Wildman–Crippen LogP) is 5.01. The number of hydrogen-bond donors (Lipinski definition) is 0. The summed E-state index contributed by atoms with van der Waals surface area (Å²) in [5.41, 5.74) is 5.08. The molecule has 100 valence electrons. The van der Waals surface area contributed by atoms with Gasteiger partial charge >= 0.3 is 0 Å². The third-order valence-electron chi connectivity index (χ3n) is 3.22. The highest BCUT2D eigenvalue weighted by Gasteiger charge is 2.07. The lowest BCUT2D eigenvalue weighted by atomic mass is 10.0. The Balaban J connectivity index is 2.14. The van der Waals surface area contributed by atoms with Crippen molar-refractivity contribution in [2.75, 3.05) is 0 Å². The zero-order valence-electron chi connectivity index (χ0n) is 12.2. The van der Waals surface area contributed by atoms with Crippen LogP contribution in [0.1, 0.15) is 42.0 Å². The molecule has 2 aromatic rings. The van der Waals surface area contributed by atoms with Crippen molar-refractivity contribution in [3.05, 3.63) is 64.7 Å². The zero-order valence-corrected chi connectivity index (χ0v) is 12.2. The molecule has 0 aromatic heterocycles. The van der Waals surface area contributed by atoms with Gasteiger partial charge in [0, 0.05) is 0 Å². The van der Waals surface area contributed by atoms with Crippen molar-refractivity contribution >= 4 is 0 Å². The summed E-state index contributed by atoms with van der Waals surface area (Å²) in [7, 11) is 0. The molecule has 0 bridgehead atoms. The molecule has 0 heterocycles. The van der Waals surface area contributed by atoms with Crippen molar-refractivity contribution in [3.8, 4) is 5.75 Å². The molecule has 0 aliphatic carbocycles. The van der Waals surface area contributed by atoms with Crippen LogP contribution >= 0.6 is 0 Å². The van der Waals surface area contributed by atoms with Crippen LogP contribution in [0.25, 0.3) is 0 Å². The van der Waals surface area contributed by atoms with E-state index in [-0.39, 0.29) is 0 Å². The molecule has 0 radical (unpaired) electrons. The van der Waals surface area contributed by atoms with E-state index in [2.05, 4.69) is 64.1 Å². The zero-order chi connectivity index (χ0) is 13.8. The Kier molecular flexibility index (Phi) is 4.26. The van der Waals surface area contributed by atoms with E-state index in [1.165, 1.54) is 22.3 Å². The van der Waals surface area contributed by atoms with E-state index in [1.807, 2.05) is 6.07 Å². The maximum atomic E-state index is 5.99. The number of benzene rings is 2. The van der Waals surface area contributed by atoms with E-state index in [1.54, 1.807) is 0 Å². The molecule has 0 saturated heterocycles. The maximum Gasteiger partial charge on any atom is 0.123 e. The second-order valence-electron chi connectivity index (χ2n) is 5.48. The van der Waals surface area contributed by atoms with Gasteiger partial charge in [-0.25, -0.2) is 0 Å². The Morgan fingerprint density at radius 1 is 0.947 bits per heavy atom. The molecule has 0 spiro atoms. The molecule has 19 heavy (non-hydrogen) atoms. The van der Waals surface area contributed by atoms with E-state index in [9.17, 15) is 0 Å². The van der Waals surface area contributed by atoms with E-state index in [0.29, 0.717) is 12.5 Å². The number of aryl methyl sites for hydroxylation is 2. The smallest absolute Gasteiger partial charge is 0.123 e. The number of hydrogen-bond acceptors (Lipinski definition) is 1. The number of rotatable bonds is 4. The summed E-state index contributed by atoms with van der Waals surface area (Å²) in [4.78, 5) is 0. The monoisotopic (exact) mass is 254 g/mol. The second kappa shape index (κ2) is 5.92. The fraction of sp³-hybridized carbons (Fsp3) is 0.333. The molecule has 0 saturated carbocycles. The summed E-state index contributed by atoms with van der Waals surface area (Å²) in [6.07, 6.45) is 0. The highest BCUT2D eigenvalue weighted by molar-refractivity contribution is 5.36. The largest absolute Gasteiger partial charge is 0.489 e. The molecular formula is C18H22O. The summed E-state index contributed by atoms with van der Waals surface area (Å²) in [5.74, 6) is 1.48. The minimum atomic E-state index is 0.482. The molecule has 1 heteroatoms. The molecule has 0 fully saturated rings. The Morgan fingerprint density at radius 2 is 1.58 bits per heavy atom. The molecule has 0 atom stereocenters. The van der Waals surface area contributed by atoms with E-state index in [0.717, 1.165) is 5.75 Å². The van der Waals surface area contributed by atoms with Gasteiger partial charge in [0.25, 0.3) is 0 Å². The molecule has 0 amide bonds. The molecule has 0 N–H and O–H groups in total. The van der Waals surface area contributed by atoms with Crippen LogP contribution in [0, 0.1) is 13.8 Å². The number of para-hydroxylation sites is 1. The molecule has 0 aliphatic heterocycles. The van der Waals surface area contributed by atoms with Crippen LogP contribution in [0.4, 0.5) is 0 Å². The van der Waals surface area contributed by atoms with Gasteiger partial charge in [0.15, 0.2) is 0 Å². The topological polar surface area (TPSA) is 9.23 Å². The highest BCUT2D eigenvalue weighted by atomic mass is 16.5. The SMILES string of the molecule is Cc1cc(C)cc(COc2ccccc2C(C)C)c1. The summed E-state index contributed by atoms with van der Waals surface area (Å²) < 4.78 is 5.99. The van der Waals surface area contributed by atoms with Gasteiger partial charge in [-0.1, -0.05) is 61.4 Å². The van der Waals surface area contributed by atoms with Crippen LogP contribution in [0.5, 0.6) is 5.75 Å². The molecule has 0 unspecified atom stereocenters. The Bertz CT molecular complexity index is 535. The van der Waals surface area contributed by atoms with Gasteiger partial charge in [-0.2, -0.15) is 0 Å². The standard InChI is InChI=1S/C18H22O/c1-13(2)17-7-5-6-8-18(17)19-12-16-10-14(3)9-15(4)11-16/h5-11,13H,12H2,1-4H3. The normalized spacial score (nSPS) is 10.8. The summed E-state index contributed by atoms with van der Waals surface area (Å²) in [6.45, 7) is 9.27. The molecular weight excluding hydrogens is 232 g/mol. The van der Waals surface area contributed by atoms with Crippen LogP contribution < -0.4 is 4.74 Å². The number of ether oxygens (including phenoxy) is 1. The van der Waals surface area contributed by atoms with Crippen LogP contribution in [0.15, 0.2) is 42.5 Å². The lowest BCUT2D eigenvalue weighted by Crippen LogP contribution is -2.00. The van der Waals surface area contributed by atoms with Crippen molar-refractivity contribution in [3.63, 3.8) is 0 Å². The minimum Gasteiger partial charge on any atom is -0.489 e. The van der Waals surface area contributed by atoms with Crippen LogP contribution in [0.2, 0.25) is 0 Å². The summed E-state index contributed by atoms with van der Waals surface area (Å²) >= 11 is 0. The third kappa shape index (κ3) is 3.60.